The summed E-state index contributed by atoms with van der Waals surface area (Å²) in [7, 11) is 1.94. The molecule has 1 aliphatic heterocycles. The number of urea groups is 1. The molecule has 0 radical (unpaired) electrons. The molecule has 1 saturated carbocycles. The fourth-order valence-corrected chi connectivity index (χ4v) is 4.17. The Morgan fingerprint density at radius 3 is 2.44 bits per heavy atom. The minimum atomic E-state index is -0.250. The molecule has 186 valence electrons. The van der Waals surface area contributed by atoms with Gasteiger partial charge >= 0.3 is 6.03 Å². The van der Waals surface area contributed by atoms with Gasteiger partial charge in [0.15, 0.2) is 0 Å². The van der Waals surface area contributed by atoms with Crippen LogP contribution in [0.15, 0.2) is 42.7 Å². The number of likely N-dealkylation sites (tertiary alicyclic amines) is 1. The lowest BCUT2D eigenvalue weighted by atomic mass is 10.1. The summed E-state index contributed by atoms with van der Waals surface area (Å²) >= 11 is 0. The van der Waals surface area contributed by atoms with E-state index >= 15 is 0 Å². The zero-order valence-corrected chi connectivity index (χ0v) is 19.8. The van der Waals surface area contributed by atoms with Gasteiger partial charge in [-0.05, 0) is 31.7 Å². The summed E-state index contributed by atoms with van der Waals surface area (Å²) < 4.78 is 2.20. The van der Waals surface area contributed by atoms with E-state index in [0.717, 1.165) is 45.0 Å². The van der Waals surface area contributed by atoms with Gasteiger partial charge in [0.2, 0.25) is 0 Å². The molecule has 0 bridgehead atoms. The van der Waals surface area contributed by atoms with E-state index in [-0.39, 0.29) is 30.4 Å². The first-order valence-corrected chi connectivity index (χ1v) is 11.3. The number of nitrogens with one attached hydrogen (secondary N) is 1. The number of benzene rings is 1. The molecular weight excluding hydrogens is 438 g/mol. The van der Waals surface area contributed by atoms with Crippen LogP contribution < -0.4 is 5.32 Å². The fourth-order valence-electron chi connectivity index (χ4n) is 4.17. The van der Waals surface area contributed by atoms with Crippen LogP contribution in [0.3, 0.4) is 0 Å². The third kappa shape index (κ3) is 8.18. The molecule has 1 aliphatic carbocycles. The topological polar surface area (TPSA) is 128 Å². The molecule has 2 aromatic rings. The van der Waals surface area contributed by atoms with E-state index in [1.54, 1.807) is 0 Å². The first-order chi connectivity index (χ1) is 16.4. The molecule has 0 unspecified atom stereocenters. The number of carbonyl (C=O) groups excluding carboxylic acids is 1. The van der Waals surface area contributed by atoms with Crippen molar-refractivity contribution in [2.45, 2.75) is 45.3 Å². The van der Waals surface area contributed by atoms with Gasteiger partial charge in [-0.25, -0.2) is 9.78 Å². The van der Waals surface area contributed by atoms with E-state index in [1.807, 2.05) is 31.3 Å². The fraction of sp³-hybridized carbons (Fsp3) is 0.500. The van der Waals surface area contributed by atoms with E-state index < -0.39 is 0 Å². The van der Waals surface area contributed by atoms with Gasteiger partial charge in [-0.3, -0.25) is 14.5 Å². The van der Waals surface area contributed by atoms with Crippen LogP contribution in [0.5, 0.6) is 0 Å². The molecule has 4 rings (SSSR count). The molecule has 2 fully saturated rings. The number of imidazole rings is 1. The molecule has 2 amide bonds. The summed E-state index contributed by atoms with van der Waals surface area (Å²) in [6.07, 6.45) is 7.25. The molecule has 10 nitrogen and oxygen atoms in total. The molecular formula is C24H35N5O5. The Morgan fingerprint density at radius 2 is 1.88 bits per heavy atom. The monoisotopic (exact) mass is 473 g/mol. The van der Waals surface area contributed by atoms with Crippen molar-refractivity contribution in [1.82, 2.24) is 24.7 Å². The summed E-state index contributed by atoms with van der Waals surface area (Å²) in [5.41, 5.74) is 1.54. The van der Waals surface area contributed by atoms with E-state index in [2.05, 4.69) is 50.1 Å². The lowest BCUT2D eigenvalue weighted by Crippen LogP contribution is -2.46. The standard InChI is InChI=1S/C22H31N5O.2CH2O2/c1-18-23-11-13-27(18)17-22(9-10-22)16-24-21(28)25(2)20-8-12-26(15-20)14-19-6-4-3-5-7-19;2*2-1-3/h3-7,11,13,20H,8-10,12,14-17H2,1-2H3,(H,24,28);2*1H,(H,2,3)/t20-;;/m1../s1. The third-order valence-electron chi connectivity index (χ3n) is 6.37. The highest BCUT2D eigenvalue weighted by atomic mass is 16.3. The Morgan fingerprint density at radius 1 is 1.24 bits per heavy atom. The average Bonchev–Trinajstić information content (AvgIpc) is 3.22. The number of carboxylic acid groups (broad SMARTS) is 2. The van der Waals surface area contributed by atoms with Crippen molar-refractivity contribution in [3.63, 3.8) is 0 Å². The molecule has 1 atom stereocenters. The highest BCUT2D eigenvalue weighted by Crippen LogP contribution is 2.46. The summed E-state index contributed by atoms with van der Waals surface area (Å²) in [5.74, 6) is 1.04. The van der Waals surface area contributed by atoms with Crippen LogP contribution in [0, 0.1) is 12.3 Å². The first kappa shape index (κ1) is 26.8. The number of nitrogens with zero attached hydrogens (tertiary/aromatic N) is 4. The second-order valence-electron chi connectivity index (χ2n) is 8.75. The van der Waals surface area contributed by atoms with Gasteiger partial charge in [0.1, 0.15) is 5.82 Å². The maximum absolute atomic E-state index is 12.7. The summed E-state index contributed by atoms with van der Waals surface area (Å²) in [6.45, 7) is 6.16. The average molecular weight is 474 g/mol. The number of rotatable bonds is 7. The van der Waals surface area contributed by atoms with Crippen LogP contribution in [0.4, 0.5) is 4.79 Å². The van der Waals surface area contributed by atoms with E-state index in [9.17, 15) is 4.79 Å². The van der Waals surface area contributed by atoms with Gasteiger partial charge in [-0.2, -0.15) is 0 Å². The molecule has 2 aliphatic rings. The lowest BCUT2D eigenvalue weighted by Gasteiger charge is -2.27. The van der Waals surface area contributed by atoms with Gasteiger partial charge in [0.25, 0.3) is 12.9 Å². The van der Waals surface area contributed by atoms with Crippen LogP contribution >= 0.6 is 0 Å². The summed E-state index contributed by atoms with van der Waals surface area (Å²) in [4.78, 5) is 38.1. The Balaban J connectivity index is 0.000000618. The molecule has 1 aromatic carbocycles. The van der Waals surface area contributed by atoms with Crippen molar-refractivity contribution in [3.05, 3.63) is 54.1 Å². The van der Waals surface area contributed by atoms with Crippen molar-refractivity contribution in [2.24, 2.45) is 5.41 Å². The zero-order valence-electron chi connectivity index (χ0n) is 19.8. The predicted molar refractivity (Wildman–Crippen MR) is 127 cm³/mol. The van der Waals surface area contributed by atoms with Crippen LogP contribution in [-0.4, -0.2) is 81.3 Å². The Hall–Kier alpha value is -3.40. The predicted octanol–water partition coefficient (Wildman–Crippen LogP) is 2.29. The third-order valence-corrected chi connectivity index (χ3v) is 6.37. The van der Waals surface area contributed by atoms with Gasteiger partial charge in [0.05, 0.1) is 0 Å². The number of aromatic nitrogens is 2. The zero-order chi connectivity index (χ0) is 25.0. The normalized spacial score (nSPS) is 17.9. The second kappa shape index (κ2) is 13.3. The number of hydrogen-bond donors (Lipinski definition) is 3. The molecule has 1 saturated heterocycles. The van der Waals surface area contributed by atoms with E-state index in [4.69, 9.17) is 19.8 Å². The van der Waals surface area contributed by atoms with Crippen molar-refractivity contribution >= 4 is 19.0 Å². The van der Waals surface area contributed by atoms with Crippen molar-refractivity contribution in [3.8, 4) is 0 Å². The molecule has 1 aromatic heterocycles. The van der Waals surface area contributed by atoms with Gasteiger partial charge in [-0.15, -0.1) is 0 Å². The Kier molecular flexibility index (Phi) is 10.5. The first-order valence-electron chi connectivity index (χ1n) is 11.3. The largest absolute Gasteiger partial charge is 0.483 e. The van der Waals surface area contributed by atoms with Crippen molar-refractivity contribution in [1.29, 1.82) is 0 Å². The minimum Gasteiger partial charge on any atom is -0.483 e. The highest BCUT2D eigenvalue weighted by molar-refractivity contribution is 5.74. The Labute approximate surface area is 200 Å². The molecule has 10 heteroatoms. The summed E-state index contributed by atoms with van der Waals surface area (Å²) in [6, 6.07) is 10.9. The van der Waals surface area contributed by atoms with E-state index in [1.165, 1.54) is 18.4 Å². The number of carbonyl (C=O) groups is 3. The molecule has 0 spiro atoms. The maximum Gasteiger partial charge on any atom is 0.317 e. The quantitative estimate of drug-likeness (QED) is 0.526. The number of likely N-dealkylation sites (N-methyl/N-ethyl adjacent to an activating group) is 1. The Bertz CT molecular complexity index is 894. The smallest absolute Gasteiger partial charge is 0.317 e. The maximum atomic E-state index is 12.7. The minimum absolute atomic E-state index is 0.0557. The molecule has 2 heterocycles. The molecule has 34 heavy (non-hydrogen) atoms. The van der Waals surface area contributed by atoms with E-state index in [0.29, 0.717) is 0 Å². The van der Waals surface area contributed by atoms with Crippen molar-refractivity contribution in [2.75, 3.05) is 26.7 Å². The van der Waals surface area contributed by atoms with Crippen LogP contribution in [0.2, 0.25) is 0 Å². The van der Waals surface area contributed by atoms with Gasteiger partial charge < -0.3 is 25.0 Å². The van der Waals surface area contributed by atoms with Gasteiger partial charge in [0, 0.05) is 63.6 Å². The lowest BCUT2D eigenvalue weighted by molar-refractivity contribution is -0.123. The molecule has 3 N–H and O–H groups in total. The number of aryl methyl sites for hydroxylation is 1. The van der Waals surface area contributed by atoms with Crippen LogP contribution in [0.1, 0.15) is 30.7 Å². The number of hydrogen-bond acceptors (Lipinski definition) is 5. The SMILES string of the molecule is Cc1nccn1CC1(CNC(=O)N(C)[C@@H]2CCN(Cc3ccccc3)C2)CC1.O=CO.O=CO. The van der Waals surface area contributed by atoms with Crippen LogP contribution in [-0.2, 0) is 22.7 Å². The van der Waals surface area contributed by atoms with Gasteiger partial charge in [-0.1, -0.05) is 30.3 Å². The highest BCUT2D eigenvalue weighted by Gasteiger charge is 2.43. The number of amides is 2. The van der Waals surface area contributed by atoms with Crippen molar-refractivity contribution < 1.29 is 24.6 Å². The van der Waals surface area contributed by atoms with Crippen LogP contribution in [0.25, 0.3) is 0 Å². The summed E-state index contributed by atoms with van der Waals surface area (Å²) in [5, 5.41) is 17.0. The second-order valence-corrected chi connectivity index (χ2v) is 8.75.